The summed E-state index contributed by atoms with van der Waals surface area (Å²) in [4.78, 5) is 14.3. The van der Waals surface area contributed by atoms with Crippen molar-refractivity contribution in [3.63, 3.8) is 0 Å². The topological polar surface area (TPSA) is 29.5 Å². The Morgan fingerprint density at radius 1 is 1.14 bits per heavy atom. The maximum absolute atomic E-state index is 12.5. The van der Waals surface area contributed by atoms with E-state index in [1.165, 1.54) is 5.56 Å². The van der Waals surface area contributed by atoms with Crippen molar-refractivity contribution in [2.45, 2.75) is 46.0 Å². The first-order valence-electron chi connectivity index (χ1n) is 7.91. The summed E-state index contributed by atoms with van der Waals surface area (Å²) in [5.74, 6) is 0.0794. The van der Waals surface area contributed by atoms with Gasteiger partial charge in [-0.05, 0) is 42.9 Å². The summed E-state index contributed by atoms with van der Waals surface area (Å²) in [6.45, 7) is 10.6. The maximum atomic E-state index is 12.5. The van der Waals surface area contributed by atoms with Crippen LogP contribution in [-0.2, 0) is 10.2 Å². The Balaban J connectivity index is 2.88. The molecule has 3 nitrogen and oxygen atoms in total. The molecule has 0 saturated carbocycles. The van der Waals surface area contributed by atoms with Crippen molar-refractivity contribution in [2.75, 3.05) is 26.8 Å². The Bertz CT molecular complexity index is 435. The predicted molar refractivity (Wildman–Crippen MR) is 87.8 cm³/mol. The summed E-state index contributed by atoms with van der Waals surface area (Å²) in [5.41, 5.74) is 2.26. The van der Waals surface area contributed by atoms with E-state index in [4.69, 9.17) is 4.74 Å². The quantitative estimate of drug-likeness (QED) is 0.727. The van der Waals surface area contributed by atoms with Gasteiger partial charge in [0.25, 0.3) is 5.91 Å². The lowest BCUT2D eigenvalue weighted by molar-refractivity contribution is 0.0706. The minimum Gasteiger partial charge on any atom is -0.383 e. The molecule has 1 aromatic rings. The van der Waals surface area contributed by atoms with Crippen LogP contribution in [0, 0.1) is 0 Å². The molecule has 0 heterocycles. The number of hydrogen-bond donors (Lipinski definition) is 0. The Morgan fingerprint density at radius 2 is 1.71 bits per heavy atom. The molecule has 0 unspecified atom stereocenters. The van der Waals surface area contributed by atoms with E-state index in [9.17, 15) is 4.79 Å². The summed E-state index contributed by atoms with van der Waals surface area (Å²) >= 11 is 0. The van der Waals surface area contributed by atoms with Crippen LogP contribution in [0.25, 0.3) is 0 Å². The lowest BCUT2D eigenvalue weighted by atomic mass is 9.78. The van der Waals surface area contributed by atoms with Gasteiger partial charge in [-0.3, -0.25) is 4.79 Å². The average molecular weight is 291 g/mol. The van der Waals surface area contributed by atoms with Crippen LogP contribution < -0.4 is 0 Å². The van der Waals surface area contributed by atoms with Crippen molar-refractivity contribution < 1.29 is 9.53 Å². The fourth-order valence-electron chi connectivity index (χ4n) is 2.46. The number of amides is 1. The minimum atomic E-state index is 0.0794. The summed E-state index contributed by atoms with van der Waals surface area (Å²) < 4.78 is 5.06. The fraction of sp³-hybridized carbons (Fsp3) is 0.611. The Hall–Kier alpha value is -1.35. The second-order valence-electron chi connectivity index (χ2n) is 5.72. The fourth-order valence-corrected chi connectivity index (χ4v) is 2.46. The van der Waals surface area contributed by atoms with Gasteiger partial charge in [0.2, 0.25) is 0 Å². The molecular weight excluding hydrogens is 262 g/mol. The van der Waals surface area contributed by atoms with Crippen molar-refractivity contribution in [1.29, 1.82) is 0 Å². The zero-order valence-electron chi connectivity index (χ0n) is 14.1. The van der Waals surface area contributed by atoms with Crippen molar-refractivity contribution >= 4 is 5.91 Å². The molecule has 0 aliphatic rings. The number of nitrogens with zero attached hydrogens (tertiary/aromatic N) is 1. The maximum Gasteiger partial charge on any atom is 0.253 e. The molecule has 0 N–H and O–H groups in total. The molecule has 118 valence electrons. The van der Waals surface area contributed by atoms with E-state index in [1.807, 2.05) is 24.0 Å². The molecule has 0 bridgehead atoms. The number of carbonyl (C=O) groups is 1. The molecule has 0 aliphatic carbocycles. The van der Waals surface area contributed by atoms with Gasteiger partial charge in [-0.1, -0.05) is 32.9 Å². The van der Waals surface area contributed by atoms with Crippen LogP contribution in [-0.4, -0.2) is 37.6 Å². The highest BCUT2D eigenvalue weighted by molar-refractivity contribution is 5.94. The number of hydrogen-bond acceptors (Lipinski definition) is 2. The van der Waals surface area contributed by atoms with Crippen molar-refractivity contribution in [2.24, 2.45) is 0 Å². The third kappa shape index (κ3) is 4.31. The number of methoxy groups -OCH3 is 1. The van der Waals surface area contributed by atoms with E-state index in [-0.39, 0.29) is 11.3 Å². The van der Waals surface area contributed by atoms with E-state index in [0.29, 0.717) is 19.7 Å². The smallest absolute Gasteiger partial charge is 0.253 e. The number of rotatable bonds is 8. The van der Waals surface area contributed by atoms with Crippen molar-refractivity contribution in [3.05, 3.63) is 35.4 Å². The highest BCUT2D eigenvalue weighted by Gasteiger charge is 2.22. The number of carbonyl (C=O) groups excluding carboxylic acids is 1. The Kier molecular flexibility index (Phi) is 6.90. The van der Waals surface area contributed by atoms with E-state index in [1.54, 1.807) is 7.11 Å². The van der Waals surface area contributed by atoms with Gasteiger partial charge in [0.1, 0.15) is 0 Å². The zero-order chi connectivity index (χ0) is 15.9. The van der Waals surface area contributed by atoms with E-state index in [2.05, 4.69) is 32.9 Å². The van der Waals surface area contributed by atoms with Crippen LogP contribution in [0.3, 0.4) is 0 Å². The first kappa shape index (κ1) is 17.7. The second kappa shape index (κ2) is 8.18. The molecule has 0 saturated heterocycles. The molecule has 1 amide bonds. The number of ether oxygens (including phenoxy) is 1. The minimum absolute atomic E-state index is 0.0794. The molecule has 3 heteroatoms. The Labute approximate surface area is 129 Å². The van der Waals surface area contributed by atoms with Crippen molar-refractivity contribution in [3.8, 4) is 0 Å². The summed E-state index contributed by atoms with van der Waals surface area (Å²) in [7, 11) is 1.66. The largest absolute Gasteiger partial charge is 0.383 e. The van der Waals surface area contributed by atoms with Gasteiger partial charge in [0.05, 0.1) is 6.61 Å². The standard InChI is InChI=1S/C18H29NO2/c1-6-18(4,7-2)16-11-9-15(10-12-16)17(20)19(8-3)13-14-21-5/h9-12H,6-8,13-14H2,1-5H3. The van der Waals surface area contributed by atoms with Gasteiger partial charge in [0, 0.05) is 25.8 Å². The van der Waals surface area contributed by atoms with Gasteiger partial charge in [-0.2, -0.15) is 0 Å². The molecule has 0 radical (unpaired) electrons. The molecular formula is C18H29NO2. The lowest BCUT2D eigenvalue weighted by Gasteiger charge is -2.27. The van der Waals surface area contributed by atoms with Crippen LogP contribution in [0.1, 0.15) is 56.5 Å². The van der Waals surface area contributed by atoms with Gasteiger partial charge in [-0.25, -0.2) is 0 Å². The lowest BCUT2D eigenvalue weighted by Crippen LogP contribution is -2.33. The van der Waals surface area contributed by atoms with E-state index >= 15 is 0 Å². The van der Waals surface area contributed by atoms with Gasteiger partial charge in [-0.15, -0.1) is 0 Å². The van der Waals surface area contributed by atoms with Gasteiger partial charge >= 0.3 is 0 Å². The zero-order valence-corrected chi connectivity index (χ0v) is 14.1. The molecule has 21 heavy (non-hydrogen) atoms. The van der Waals surface area contributed by atoms with Crippen LogP contribution in [0.5, 0.6) is 0 Å². The first-order chi connectivity index (χ1) is 10.0. The molecule has 0 aromatic heterocycles. The van der Waals surface area contributed by atoms with E-state index < -0.39 is 0 Å². The highest BCUT2D eigenvalue weighted by Crippen LogP contribution is 2.31. The van der Waals surface area contributed by atoms with Crippen LogP contribution in [0.4, 0.5) is 0 Å². The molecule has 1 rings (SSSR count). The number of benzene rings is 1. The summed E-state index contributed by atoms with van der Waals surface area (Å²) in [6.07, 6.45) is 2.21. The first-order valence-corrected chi connectivity index (χ1v) is 7.91. The SMILES string of the molecule is CCN(CCOC)C(=O)c1ccc(C(C)(CC)CC)cc1. The third-order valence-corrected chi connectivity index (χ3v) is 4.62. The molecule has 0 fully saturated rings. The van der Waals surface area contributed by atoms with Gasteiger partial charge in [0.15, 0.2) is 0 Å². The summed E-state index contributed by atoms with van der Waals surface area (Å²) in [6, 6.07) is 8.11. The molecule has 0 aliphatic heterocycles. The highest BCUT2D eigenvalue weighted by atomic mass is 16.5. The van der Waals surface area contributed by atoms with Crippen LogP contribution >= 0.6 is 0 Å². The second-order valence-corrected chi connectivity index (χ2v) is 5.72. The van der Waals surface area contributed by atoms with Crippen LogP contribution in [0.15, 0.2) is 24.3 Å². The van der Waals surface area contributed by atoms with Crippen molar-refractivity contribution in [1.82, 2.24) is 4.90 Å². The Morgan fingerprint density at radius 3 is 2.14 bits per heavy atom. The third-order valence-electron chi connectivity index (χ3n) is 4.62. The molecule has 0 spiro atoms. The normalized spacial score (nSPS) is 11.5. The van der Waals surface area contributed by atoms with Gasteiger partial charge < -0.3 is 9.64 Å². The molecule has 1 aromatic carbocycles. The summed E-state index contributed by atoms with van der Waals surface area (Å²) in [5, 5.41) is 0. The number of likely N-dealkylation sites (N-methyl/N-ethyl adjacent to an activating group) is 1. The van der Waals surface area contributed by atoms with E-state index in [0.717, 1.165) is 18.4 Å². The average Bonchev–Trinajstić information content (AvgIpc) is 2.54. The van der Waals surface area contributed by atoms with Crippen LogP contribution in [0.2, 0.25) is 0 Å². The molecule has 0 atom stereocenters. The predicted octanol–water partition coefficient (Wildman–Crippen LogP) is 3.87. The monoisotopic (exact) mass is 291 g/mol.